The molecule has 0 aliphatic heterocycles. The van der Waals surface area contributed by atoms with Crippen LogP contribution >= 0.6 is 11.6 Å². The number of halogens is 2. The predicted octanol–water partition coefficient (Wildman–Crippen LogP) is 3.08. The van der Waals surface area contributed by atoms with Gasteiger partial charge in [-0.15, -0.1) is 0 Å². The molecular formula is C13H13ClFN3O. The second kappa shape index (κ2) is 5.01. The molecule has 6 heteroatoms. The molecule has 1 aromatic heterocycles. The van der Waals surface area contributed by atoms with E-state index in [0.717, 1.165) is 5.56 Å². The molecule has 0 spiro atoms. The van der Waals surface area contributed by atoms with Crippen LogP contribution in [0, 0.1) is 19.7 Å². The molecule has 0 bridgehead atoms. The molecule has 1 aromatic carbocycles. The summed E-state index contributed by atoms with van der Waals surface area (Å²) < 4.78 is 15.1. The first-order chi connectivity index (χ1) is 8.90. The SMILES string of the molecule is Cc1ccc(F)c(NC(=O)c2nn(C)c(C)c2Cl)c1. The Kier molecular flexibility index (Phi) is 3.57. The van der Waals surface area contributed by atoms with Crippen LogP contribution in [0.15, 0.2) is 18.2 Å². The summed E-state index contributed by atoms with van der Waals surface area (Å²) in [5.41, 5.74) is 1.73. The summed E-state index contributed by atoms with van der Waals surface area (Å²) in [6, 6.07) is 4.48. The van der Waals surface area contributed by atoms with E-state index in [2.05, 4.69) is 10.4 Å². The van der Waals surface area contributed by atoms with Crippen LogP contribution in [-0.2, 0) is 7.05 Å². The largest absolute Gasteiger partial charge is 0.318 e. The molecule has 4 nitrogen and oxygen atoms in total. The van der Waals surface area contributed by atoms with Gasteiger partial charge in [-0.3, -0.25) is 9.48 Å². The first kappa shape index (κ1) is 13.5. The van der Waals surface area contributed by atoms with Crippen molar-refractivity contribution in [2.45, 2.75) is 13.8 Å². The molecule has 1 N–H and O–H groups in total. The fourth-order valence-corrected chi connectivity index (χ4v) is 1.89. The van der Waals surface area contributed by atoms with Gasteiger partial charge in [0, 0.05) is 7.05 Å². The predicted molar refractivity (Wildman–Crippen MR) is 72.0 cm³/mol. The maximum atomic E-state index is 13.6. The van der Waals surface area contributed by atoms with Gasteiger partial charge in [0.15, 0.2) is 5.69 Å². The first-order valence-electron chi connectivity index (χ1n) is 5.66. The zero-order valence-corrected chi connectivity index (χ0v) is 11.5. The van der Waals surface area contributed by atoms with Crippen LogP contribution in [0.25, 0.3) is 0 Å². The topological polar surface area (TPSA) is 46.9 Å². The van der Waals surface area contributed by atoms with E-state index >= 15 is 0 Å². The standard InChI is InChI=1S/C13H13ClFN3O/c1-7-4-5-9(15)10(6-7)16-13(19)12-11(14)8(2)18(3)17-12/h4-6H,1-3H3,(H,16,19). The van der Waals surface area contributed by atoms with E-state index in [-0.39, 0.29) is 16.4 Å². The molecule has 0 saturated carbocycles. The van der Waals surface area contributed by atoms with Crippen LogP contribution in [-0.4, -0.2) is 15.7 Å². The number of nitrogens with zero attached hydrogens (tertiary/aromatic N) is 2. The molecular weight excluding hydrogens is 269 g/mol. The van der Waals surface area contributed by atoms with Crippen LogP contribution < -0.4 is 5.32 Å². The third-order valence-electron chi connectivity index (χ3n) is 2.85. The fraction of sp³-hybridized carbons (Fsp3) is 0.231. The third-order valence-corrected chi connectivity index (χ3v) is 3.30. The number of aryl methyl sites for hydroxylation is 2. The summed E-state index contributed by atoms with van der Waals surface area (Å²) in [7, 11) is 1.69. The molecule has 100 valence electrons. The Balaban J connectivity index is 2.30. The second-order valence-corrected chi connectivity index (χ2v) is 4.69. The molecule has 0 fully saturated rings. The number of rotatable bonds is 2. The Hall–Kier alpha value is -1.88. The number of hydrogen-bond acceptors (Lipinski definition) is 2. The highest BCUT2D eigenvalue weighted by molar-refractivity contribution is 6.34. The van der Waals surface area contributed by atoms with E-state index in [9.17, 15) is 9.18 Å². The summed E-state index contributed by atoms with van der Waals surface area (Å²) in [6.07, 6.45) is 0. The molecule has 1 amide bonds. The quantitative estimate of drug-likeness (QED) is 0.919. The summed E-state index contributed by atoms with van der Waals surface area (Å²) in [5, 5.41) is 6.75. The molecule has 0 saturated heterocycles. The van der Waals surface area contributed by atoms with Crippen LogP contribution in [0.1, 0.15) is 21.7 Å². The number of carbonyl (C=O) groups is 1. The minimum atomic E-state index is -0.529. The normalized spacial score (nSPS) is 10.6. The molecule has 2 rings (SSSR count). The number of nitrogens with one attached hydrogen (secondary N) is 1. The first-order valence-corrected chi connectivity index (χ1v) is 6.04. The molecule has 0 atom stereocenters. The highest BCUT2D eigenvalue weighted by Gasteiger charge is 2.19. The summed E-state index contributed by atoms with van der Waals surface area (Å²) >= 11 is 6.01. The van der Waals surface area contributed by atoms with Gasteiger partial charge in [-0.25, -0.2) is 4.39 Å². The summed E-state index contributed by atoms with van der Waals surface area (Å²) in [4.78, 5) is 12.0. The third kappa shape index (κ3) is 2.61. The Morgan fingerprint density at radius 2 is 2.11 bits per heavy atom. The van der Waals surface area contributed by atoms with Crippen LogP contribution in [0.3, 0.4) is 0 Å². The maximum absolute atomic E-state index is 13.6. The molecule has 0 radical (unpaired) electrons. The van der Waals surface area contributed by atoms with Crippen molar-refractivity contribution < 1.29 is 9.18 Å². The minimum absolute atomic E-state index is 0.0857. The number of anilines is 1. The number of benzene rings is 1. The Bertz CT molecular complexity index is 652. The summed E-state index contributed by atoms with van der Waals surface area (Å²) in [6.45, 7) is 3.56. The van der Waals surface area contributed by atoms with Crippen molar-refractivity contribution in [1.29, 1.82) is 0 Å². The zero-order valence-electron chi connectivity index (χ0n) is 10.8. The number of carbonyl (C=O) groups excluding carboxylic acids is 1. The van der Waals surface area contributed by atoms with E-state index in [1.54, 1.807) is 26.1 Å². The van der Waals surface area contributed by atoms with Crippen molar-refractivity contribution in [3.63, 3.8) is 0 Å². The highest BCUT2D eigenvalue weighted by atomic mass is 35.5. The van der Waals surface area contributed by atoms with E-state index in [0.29, 0.717) is 5.69 Å². The average molecular weight is 282 g/mol. The molecule has 2 aromatic rings. The number of aromatic nitrogens is 2. The van der Waals surface area contributed by atoms with Crippen LogP contribution in [0.4, 0.5) is 10.1 Å². The molecule has 0 aliphatic rings. The van der Waals surface area contributed by atoms with Crippen molar-refractivity contribution in [1.82, 2.24) is 9.78 Å². The van der Waals surface area contributed by atoms with Gasteiger partial charge < -0.3 is 5.32 Å². The second-order valence-electron chi connectivity index (χ2n) is 4.31. The van der Waals surface area contributed by atoms with E-state index in [1.807, 2.05) is 6.92 Å². The lowest BCUT2D eigenvalue weighted by atomic mass is 10.2. The number of hydrogen-bond donors (Lipinski definition) is 1. The van der Waals surface area contributed by atoms with Crippen molar-refractivity contribution in [2.24, 2.45) is 7.05 Å². The van der Waals surface area contributed by atoms with Crippen molar-refractivity contribution in [3.8, 4) is 0 Å². The van der Waals surface area contributed by atoms with Crippen LogP contribution in [0.2, 0.25) is 5.02 Å². The zero-order chi connectivity index (χ0) is 14.2. The van der Waals surface area contributed by atoms with Crippen molar-refractivity contribution >= 4 is 23.2 Å². The summed E-state index contributed by atoms with van der Waals surface area (Å²) in [5.74, 6) is -1.03. The van der Waals surface area contributed by atoms with E-state index in [1.165, 1.54) is 10.7 Å². The molecule has 0 aliphatic carbocycles. The van der Waals surface area contributed by atoms with E-state index < -0.39 is 11.7 Å². The van der Waals surface area contributed by atoms with Gasteiger partial charge in [-0.2, -0.15) is 5.10 Å². The Labute approximate surface area is 115 Å². The van der Waals surface area contributed by atoms with Gasteiger partial charge in [-0.1, -0.05) is 17.7 Å². The van der Waals surface area contributed by atoms with Crippen molar-refractivity contribution in [3.05, 3.63) is 46.0 Å². The van der Waals surface area contributed by atoms with Crippen molar-refractivity contribution in [2.75, 3.05) is 5.32 Å². The van der Waals surface area contributed by atoms with Gasteiger partial charge >= 0.3 is 0 Å². The number of amides is 1. The molecule has 1 heterocycles. The van der Waals surface area contributed by atoms with Gasteiger partial charge in [0.1, 0.15) is 5.82 Å². The lowest BCUT2D eigenvalue weighted by molar-refractivity contribution is 0.102. The average Bonchev–Trinajstić information content (AvgIpc) is 2.62. The Morgan fingerprint density at radius 1 is 1.42 bits per heavy atom. The molecule has 0 unspecified atom stereocenters. The van der Waals surface area contributed by atoms with E-state index in [4.69, 9.17) is 11.6 Å². The van der Waals surface area contributed by atoms with Gasteiger partial charge in [0.05, 0.1) is 16.4 Å². The van der Waals surface area contributed by atoms with Gasteiger partial charge in [0.2, 0.25) is 0 Å². The smallest absolute Gasteiger partial charge is 0.277 e. The lowest BCUT2D eigenvalue weighted by Crippen LogP contribution is -2.14. The minimum Gasteiger partial charge on any atom is -0.318 e. The lowest BCUT2D eigenvalue weighted by Gasteiger charge is -2.06. The monoisotopic (exact) mass is 281 g/mol. The highest BCUT2D eigenvalue weighted by Crippen LogP contribution is 2.22. The molecule has 19 heavy (non-hydrogen) atoms. The maximum Gasteiger partial charge on any atom is 0.277 e. The van der Waals surface area contributed by atoms with Crippen LogP contribution in [0.5, 0.6) is 0 Å². The van der Waals surface area contributed by atoms with Gasteiger partial charge in [-0.05, 0) is 31.5 Å². The fourth-order valence-electron chi connectivity index (χ4n) is 1.64. The Morgan fingerprint density at radius 3 is 2.68 bits per heavy atom. The van der Waals surface area contributed by atoms with Gasteiger partial charge in [0.25, 0.3) is 5.91 Å².